The van der Waals surface area contributed by atoms with Gasteiger partial charge >= 0.3 is 17.9 Å². The van der Waals surface area contributed by atoms with Crippen LogP contribution in [0.2, 0.25) is 0 Å². The molecule has 0 rings (SSSR count). The van der Waals surface area contributed by atoms with Crippen molar-refractivity contribution < 1.29 is 38.2 Å². The molecule has 0 heterocycles. The first-order valence-electron chi connectivity index (χ1n) is 25.1. The predicted molar refractivity (Wildman–Crippen MR) is 266 cm³/mol. The summed E-state index contributed by atoms with van der Waals surface area (Å²) in [7, 11) is 5.51. The molecule has 0 saturated carbocycles. The van der Waals surface area contributed by atoms with Crippen molar-refractivity contribution in [3.05, 3.63) is 85.1 Å². The number of carboxylic acid groups (broad SMARTS) is 1. The van der Waals surface area contributed by atoms with Crippen LogP contribution in [0.25, 0.3) is 0 Å². The topological polar surface area (TPSA) is 99.1 Å². The molecule has 0 aliphatic rings. The summed E-state index contributed by atoms with van der Waals surface area (Å²) in [5.41, 5.74) is 0. The van der Waals surface area contributed by atoms with Gasteiger partial charge in [0.2, 0.25) is 0 Å². The van der Waals surface area contributed by atoms with Gasteiger partial charge in [0.1, 0.15) is 6.61 Å². The number of hydrogen-bond acceptors (Lipinski definition) is 6. The molecule has 1 N–H and O–H groups in total. The molecule has 0 amide bonds. The zero-order valence-corrected chi connectivity index (χ0v) is 41.0. The minimum Gasteiger partial charge on any atom is -0.477 e. The van der Waals surface area contributed by atoms with E-state index >= 15 is 0 Å². The second-order valence-electron chi connectivity index (χ2n) is 17.7. The smallest absolute Gasteiger partial charge is 0.362 e. The van der Waals surface area contributed by atoms with E-state index in [-0.39, 0.29) is 36.2 Å². The number of carbonyl (C=O) groups excluding carboxylic acids is 2. The van der Waals surface area contributed by atoms with Gasteiger partial charge in [0.05, 0.1) is 34.4 Å². The lowest BCUT2D eigenvalue weighted by Crippen LogP contribution is -2.50. The zero-order chi connectivity index (χ0) is 46.3. The van der Waals surface area contributed by atoms with Crippen LogP contribution >= 0.6 is 0 Å². The number of allylic oxidation sites excluding steroid dienone is 14. The zero-order valence-electron chi connectivity index (χ0n) is 41.0. The summed E-state index contributed by atoms with van der Waals surface area (Å²) in [6.07, 6.45) is 59.2. The highest BCUT2D eigenvalue weighted by Crippen LogP contribution is 2.14. The second kappa shape index (κ2) is 45.1. The van der Waals surface area contributed by atoms with Crippen molar-refractivity contribution in [3.63, 3.8) is 0 Å². The number of carboxylic acids is 1. The Morgan fingerprint density at radius 1 is 0.508 bits per heavy atom. The molecule has 0 aromatic rings. The molecule has 63 heavy (non-hydrogen) atoms. The van der Waals surface area contributed by atoms with Crippen molar-refractivity contribution in [2.24, 2.45) is 0 Å². The highest BCUT2D eigenvalue weighted by atomic mass is 16.6. The molecule has 0 aromatic carbocycles. The molecule has 0 aliphatic heterocycles. The van der Waals surface area contributed by atoms with E-state index in [1.807, 2.05) is 21.1 Å². The molecule has 8 nitrogen and oxygen atoms in total. The number of aliphatic carboxylic acids is 1. The van der Waals surface area contributed by atoms with Crippen LogP contribution in [0.4, 0.5) is 0 Å². The van der Waals surface area contributed by atoms with Crippen LogP contribution in [-0.4, -0.2) is 80.6 Å². The standard InChI is InChI=1S/C55H93NO7/c1-6-8-10-12-14-16-18-20-22-24-25-26-27-28-29-30-32-34-36-38-40-42-44-46-54(58)63-51(49-61-48-47-52(55(59)60)56(3,4)5)50-62-53(57)45-43-41-39-37-35-33-31-23-21-19-17-15-13-11-9-7-2/h8,10,14,16,20,22-23,25-26,28-29,31,33,35,51-52H,6-7,9,11-13,15,17-19,21,24,27,30,32,34,36-50H2,1-5H3/p+1/b10-8+,16-14+,22-20+,26-25+,29-28+,31-23+,35-33+. The number of likely N-dealkylation sites (N-methyl/N-ethyl adjacent to an activating group) is 1. The molecular weight excluding hydrogens is 787 g/mol. The summed E-state index contributed by atoms with van der Waals surface area (Å²) in [4.78, 5) is 37.1. The first kappa shape index (κ1) is 59.5. The summed E-state index contributed by atoms with van der Waals surface area (Å²) in [6, 6.07) is -0.626. The third-order valence-electron chi connectivity index (χ3n) is 10.8. The van der Waals surface area contributed by atoms with E-state index in [0.29, 0.717) is 19.3 Å². The Kier molecular flexibility index (Phi) is 42.6. The number of nitrogens with zero attached hydrogens (tertiary/aromatic N) is 1. The molecule has 8 heteroatoms. The summed E-state index contributed by atoms with van der Waals surface area (Å²) >= 11 is 0. The predicted octanol–water partition coefficient (Wildman–Crippen LogP) is 14.5. The molecular formula is C55H94NO7+. The van der Waals surface area contributed by atoms with Gasteiger partial charge in [-0.3, -0.25) is 9.59 Å². The van der Waals surface area contributed by atoms with Gasteiger partial charge in [0.25, 0.3) is 0 Å². The van der Waals surface area contributed by atoms with Crippen molar-refractivity contribution in [2.45, 2.75) is 206 Å². The van der Waals surface area contributed by atoms with E-state index < -0.39 is 18.1 Å². The summed E-state index contributed by atoms with van der Waals surface area (Å²) in [5, 5.41) is 9.65. The molecule has 0 spiro atoms. The highest BCUT2D eigenvalue weighted by molar-refractivity contribution is 5.72. The third kappa shape index (κ3) is 43.5. The average molecular weight is 881 g/mol. The van der Waals surface area contributed by atoms with Crippen molar-refractivity contribution in [1.82, 2.24) is 0 Å². The Morgan fingerprint density at radius 2 is 0.937 bits per heavy atom. The highest BCUT2D eigenvalue weighted by Gasteiger charge is 2.31. The number of rotatable bonds is 44. The molecule has 2 atom stereocenters. The Hall–Kier alpha value is -3.49. The van der Waals surface area contributed by atoms with E-state index in [2.05, 4.69) is 98.9 Å². The SMILES string of the molecule is CC/C=C/C/C=C/C/C=C/C/C=C/C/C=C/CCCCCCCCCC(=O)OC(COCCC(C(=O)O)[N+](C)(C)C)COC(=O)CCCCC/C=C/C=C/CCCCCCCCC. The van der Waals surface area contributed by atoms with Crippen molar-refractivity contribution in [2.75, 3.05) is 41.0 Å². The van der Waals surface area contributed by atoms with Gasteiger partial charge in [-0.25, -0.2) is 4.79 Å². The Balaban J connectivity index is 4.34. The first-order valence-corrected chi connectivity index (χ1v) is 25.1. The fraction of sp³-hybridized carbons (Fsp3) is 0.691. The Morgan fingerprint density at radius 3 is 1.43 bits per heavy atom. The van der Waals surface area contributed by atoms with Gasteiger partial charge < -0.3 is 23.8 Å². The molecule has 0 radical (unpaired) electrons. The van der Waals surface area contributed by atoms with Gasteiger partial charge in [-0.1, -0.05) is 176 Å². The van der Waals surface area contributed by atoms with Crippen LogP contribution in [0.5, 0.6) is 0 Å². The summed E-state index contributed by atoms with van der Waals surface area (Å²) in [5.74, 6) is -1.52. The minimum atomic E-state index is -0.883. The van der Waals surface area contributed by atoms with Crippen LogP contribution in [0.15, 0.2) is 85.1 Å². The Bertz CT molecular complexity index is 1300. The molecule has 0 fully saturated rings. The number of hydrogen-bond donors (Lipinski definition) is 1. The quantitative estimate of drug-likeness (QED) is 0.0214. The molecule has 0 saturated heterocycles. The second-order valence-corrected chi connectivity index (χ2v) is 17.7. The van der Waals surface area contributed by atoms with E-state index in [9.17, 15) is 19.5 Å². The third-order valence-corrected chi connectivity index (χ3v) is 10.8. The van der Waals surface area contributed by atoms with E-state index in [0.717, 1.165) is 96.3 Å². The van der Waals surface area contributed by atoms with Gasteiger partial charge in [-0.2, -0.15) is 0 Å². The Labute approximate surface area is 386 Å². The summed E-state index contributed by atoms with van der Waals surface area (Å²) < 4.78 is 17.3. The van der Waals surface area contributed by atoms with Gasteiger partial charge in [0.15, 0.2) is 12.1 Å². The lowest BCUT2D eigenvalue weighted by molar-refractivity contribution is -0.887. The fourth-order valence-electron chi connectivity index (χ4n) is 6.93. The van der Waals surface area contributed by atoms with E-state index in [4.69, 9.17) is 14.2 Å². The van der Waals surface area contributed by atoms with Crippen LogP contribution in [0, 0.1) is 0 Å². The number of unbranched alkanes of at least 4 members (excludes halogenated alkanes) is 17. The molecule has 0 aliphatic carbocycles. The molecule has 2 unspecified atom stereocenters. The van der Waals surface area contributed by atoms with Crippen LogP contribution in [-0.2, 0) is 28.6 Å². The average Bonchev–Trinajstić information content (AvgIpc) is 3.24. The van der Waals surface area contributed by atoms with E-state index in [1.165, 1.54) is 64.2 Å². The number of quaternary nitrogens is 1. The summed E-state index contributed by atoms with van der Waals surface area (Å²) in [6.45, 7) is 4.57. The maximum atomic E-state index is 12.8. The molecule has 360 valence electrons. The van der Waals surface area contributed by atoms with Crippen molar-refractivity contribution in [1.29, 1.82) is 0 Å². The maximum Gasteiger partial charge on any atom is 0.362 e. The number of esters is 2. The van der Waals surface area contributed by atoms with Gasteiger partial charge in [-0.15, -0.1) is 0 Å². The van der Waals surface area contributed by atoms with Crippen LogP contribution in [0.3, 0.4) is 0 Å². The van der Waals surface area contributed by atoms with Gasteiger partial charge in [-0.05, 0) is 83.5 Å². The fourth-order valence-corrected chi connectivity index (χ4v) is 6.93. The lowest BCUT2D eigenvalue weighted by atomic mass is 10.1. The molecule has 0 bridgehead atoms. The van der Waals surface area contributed by atoms with E-state index in [1.54, 1.807) is 0 Å². The first-order chi connectivity index (χ1) is 30.6. The van der Waals surface area contributed by atoms with Crippen molar-refractivity contribution in [3.8, 4) is 0 Å². The number of carbonyl (C=O) groups is 3. The lowest BCUT2D eigenvalue weighted by Gasteiger charge is -2.31. The van der Waals surface area contributed by atoms with Crippen LogP contribution in [0.1, 0.15) is 194 Å². The van der Waals surface area contributed by atoms with Crippen LogP contribution < -0.4 is 0 Å². The monoisotopic (exact) mass is 881 g/mol. The van der Waals surface area contributed by atoms with Crippen molar-refractivity contribution >= 4 is 17.9 Å². The normalized spacial score (nSPS) is 13.6. The van der Waals surface area contributed by atoms with Gasteiger partial charge in [0, 0.05) is 19.3 Å². The largest absolute Gasteiger partial charge is 0.477 e. The minimum absolute atomic E-state index is 0.0436. The number of ether oxygens (including phenoxy) is 3. The molecule has 0 aromatic heterocycles. The maximum absolute atomic E-state index is 12.8.